The van der Waals surface area contributed by atoms with Crippen LogP contribution in [0.2, 0.25) is 0 Å². The molecule has 0 N–H and O–H groups in total. The van der Waals surface area contributed by atoms with E-state index in [1.54, 1.807) is 12.0 Å². The number of hydrogen-bond donors (Lipinski definition) is 0. The Morgan fingerprint density at radius 1 is 0.933 bits per heavy atom. The van der Waals surface area contributed by atoms with Crippen LogP contribution in [0.5, 0.6) is 5.75 Å². The van der Waals surface area contributed by atoms with E-state index in [-0.39, 0.29) is 24.4 Å². The summed E-state index contributed by atoms with van der Waals surface area (Å²) in [5.74, 6) is 0.794. The number of carbonyl (C=O) groups excluding carboxylic acids is 2. The molecule has 4 rings (SSSR count). The number of hydrogen-bond acceptors (Lipinski definition) is 3. The lowest BCUT2D eigenvalue weighted by atomic mass is 9.91. The number of benzene rings is 2. The first-order valence-corrected chi connectivity index (χ1v) is 10.9. The molecule has 1 saturated carbocycles. The number of piperazine rings is 1. The molecule has 2 aromatic carbocycles. The first-order valence-electron chi connectivity index (χ1n) is 10.9. The van der Waals surface area contributed by atoms with Crippen molar-refractivity contribution < 1.29 is 14.3 Å². The normalized spacial score (nSPS) is 20.5. The Morgan fingerprint density at radius 2 is 1.60 bits per heavy atom. The molecule has 30 heavy (non-hydrogen) atoms. The topological polar surface area (TPSA) is 49.9 Å². The number of aryl methyl sites for hydroxylation is 1. The fourth-order valence-electron chi connectivity index (χ4n) is 4.63. The fourth-order valence-corrected chi connectivity index (χ4v) is 4.63. The van der Waals surface area contributed by atoms with Crippen LogP contribution in [0.15, 0.2) is 48.5 Å². The van der Waals surface area contributed by atoms with Crippen molar-refractivity contribution in [2.24, 2.45) is 0 Å². The van der Waals surface area contributed by atoms with E-state index < -0.39 is 6.04 Å². The molecule has 1 saturated heterocycles. The molecule has 1 aliphatic carbocycles. The van der Waals surface area contributed by atoms with Crippen LogP contribution >= 0.6 is 0 Å². The number of amides is 2. The standard InChI is InChI=1S/C25H30N2O3/c1-18-8-10-19(11-9-18)16-27-23(28)17-26(21-6-4-3-5-7-21)25(29)24(27)20-12-14-22(30-2)15-13-20/h8-15,21,24H,3-7,16-17H2,1-2H3/t24-/m0/s1. The third-order valence-electron chi connectivity index (χ3n) is 6.38. The van der Waals surface area contributed by atoms with E-state index in [9.17, 15) is 9.59 Å². The molecule has 1 heterocycles. The summed E-state index contributed by atoms with van der Waals surface area (Å²) in [6.45, 7) is 2.66. The predicted molar refractivity (Wildman–Crippen MR) is 116 cm³/mol. The van der Waals surface area contributed by atoms with Gasteiger partial charge in [0.05, 0.1) is 7.11 Å². The molecule has 1 aliphatic heterocycles. The number of nitrogens with zero attached hydrogens (tertiary/aromatic N) is 2. The van der Waals surface area contributed by atoms with E-state index in [1.807, 2.05) is 60.4 Å². The zero-order valence-corrected chi connectivity index (χ0v) is 17.8. The van der Waals surface area contributed by atoms with Crippen molar-refractivity contribution in [1.29, 1.82) is 0 Å². The highest BCUT2D eigenvalue weighted by Gasteiger charge is 2.42. The third-order valence-corrected chi connectivity index (χ3v) is 6.38. The maximum absolute atomic E-state index is 13.7. The Kier molecular flexibility index (Phi) is 6.07. The lowest BCUT2D eigenvalue weighted by Crippen LogP contribution is -2.58. The smallest absolute Gasteiger partial charge is 0.250 e. The molecular weight excluding hydrogens is 376 g/mol. The van der Waals surface area contributed by atoms with Crippen molar-refractivity contribution in [1.82, 2.24) is 9.80 Å². The zero-order valence-electron chi connectivity index (χ0n) is 17.8. The number of carbonyl (C=O) groups is 2. The molecule has 2 aromatic rings. The molecule has 2 aliphatic rings. The Morgan fingerprint density at radius 3 is 2.23 bits per heavy atom. The highest BCUT2D eigenvalue weighted by Crippen LogP contribution is 2.34. The SMILES string of the molecule is COc1ccc([C@H]2C(=O)N(C3CCCCC3)CC(=O)N2Cc2ccc(C)cc2)cc1. The molecule has 5 heteroatoms. The summed E-state index contributed by atoms with van der Waals surface area (Å²) in [7, 11) is 1.62. The van der Waals surface area contributed by atoms with Crippen LogP contribution in [0.3, 0.4) is 0 Å². The van der Waals surface area contributed by atoms with E-state index in [0.29, 0.717) is 6.54 Å². The first-order chi connectivity index (χ1) is 14.6. The Balaban J connectivity index is 1.66. The summed E-state index contributed by atoms with van der Waals surface area (Å²) >= 11 is 0. The second kappa shape index (κ2) is 8.90. The van der Waals surface area contributed by atoms with Crippen LogP contribution in [-0.4, -0.2) is 41.3 Å². The number of rotatable bonds is 5. The highest BCUT2D eigenvalue weighted by atomic mass is 16.5. The summed E-state index contributed by atoms with van der Waals surface area (Å²) in [5, 5.41) is 0. The van der Waals surface area contributed by atoms with E-state index in [4.69, 9.17) is 4.74 Å². The molecule has 2 fully saturated rings. The average Bonchev–Trinajstić information content (AvgIpc) is 2.78. The maximum atomic E-state index is 13.7. The molecule has 0 bridgehead atoms. The predicted octanol–water partition coefficient (Wildman–Crippen LogP) is 4.25. The van der Waals surface area contributed by atoms with Gasteiger partial charge in [0.1, 0.15) is 18.3 Å². The minimum Gasteiger partial charge on any atom is -0.497 e. The van der Waals surface area contributed by atoms with Gasteiger partial charge in [0.15, 0.2) is 0 Å². The number of ether oxygens (including phenoxy) is 1. The minimum absolute atomic E-state index is 0.0153. The van der Waals surface area contributed by atoms with Crippen molar-refractivity contribution in [3.63, 3.8) is 0 Å². The van der Waals surface area contributed by atoms with Crippen LogP contribution in [-0.2, 0) is 16.1 Å². The van der Waals surface area contributed by atoms with E-state index >= 15 is 0 Å². The summed E-state index contributed by atoms with van der Waals surface area (Å²) in [4.78, 5) is 30.6. The lowest BCUT2D eigenvalue weighted by molar-refractivity contribution is -0.160. The van der Waals surface area contributed by atoms with Crippen molar-refractivity contribution in [2.45, 2.75) is 57.7 Å². The third kappa shape index (κ3) is 4.20. The van der Waals surface area contributed by atoms with Crippen LogP contribution in [0.25, 0.3) is 0 Å². The number of methoxy groups -OCH3 is 1. The van der Waals surface area contributed by atoms with Crippen LogP contribution in [0, 0.1) is 6.92 Å². The summed E-state index contributed by atoms with van der Waals surface area (Å²) in [6.07, 6.45) is 5.46. The van der Waals surface area contributed by atoms with Gasteiger partial charge in [-0.05, 0) is 43.0 Å². The largest absolute Gasteiger partial charge is 0.497 e. The molecule has 158 valence electrons. The Bertz CT molecular complexity index is 886. The molecular formula is C25H30N2O3. The quantitative estimate of drug-likeness (QED) is 0.746. The molecule has 0 unspecified atom stereocenters. The Hall–Kier alpha value is -2.82. The molecule has 2 amide bonds. The summed E-state index contributed by atoms with van der Waals surface area (Å²) in [5.41, 5.74) is 3.04. The van der Waals surface area contributed by atoms with Crippen LogP contribution in [0.1, 0.15) is 54.8 Å². The van der Waals surface area contributed by atoms with Gasteiger partial charge in [-0.1, -0.05) is 61.2 Å². The van der Waals surface area contributed by atoms with Gasteiger partial charge in [-0.25, -0.2) is 0 Å². The van der Waals surface area contributed by atoms with Crippen molar-refractivity contribution in [2.75, 3.05) is 13.7 Å². The van der Waals surface area contributed by atoms with E-state index in [2.05, 4.69) is 0 Å². The van der Waals surface area contributed by atoms with Crippen molar-refractivity contribution in [3.8, 4) is 5.75 Å². The maximum Gasteiger partial charge on any atom is 0.250 e. The second-order valence-corrected chi connectivity index (χ2v) is 8.44. The van der Waals surface area contributed by atoms with Gasteiger partial charge < -0.3 is 14.5 Å². The van der Waals surface area contributed by atoms with Gasteiger partial charge in [0.25, 0.3) is 5.91 Å². The minimum atomic E-state index is -0.597. The van der Waals surface area contributed by atoms with Gasteiger partial charge in [-0.2, -0.15) is 0 Å². The van der Waals surface area contributed by atoms with E-state index in [1.165, 1.54) is 12.0 Å². The molecule has 5 nitrogen and oxygen atoms in total. The molecule has 0 spiro atoms. The summed E-state index contributed by atoms with van der Waals surface area (Å²) < 4.78 is 5.28. The van der Waals surface area contributed by atoms with Gasteiger partial charge in [-0.15, -0.1) is 0 Å². The zero-order chi connectivity index (χ0) is 21.1. The first kappa shape index (κ1) is 20.5. The second-order valence-electron chi connectivity index (χ2n) is 8.44. The monoisotopic (exact) mass is 406 g/mol. The van der Waals surface area contributed by atoms with Gasteiger partial charge in [0, 0.05) is 12.6 Å². The van der Waals surface area contributed by atoms with Crippen molar-refractivity contribution in [3.05, 3.63) is 65.2 Å². The molecule has 0 radical (unpaired) electrons. The van der Waals surface area contributed by atoms with Gasteiger partial charge in [-0.3, -0.25) is 9.59 Å². The Labute approximate surface area is 178 Å². The highest BCUT2D eigenvalue weighted by molar-refractivity contribution is 5.95. The van der Waals surface area contributed by atoms with Crippen molar-refractivity contribution >= 4 is 11.8 Å². The van der Waals surface area contributed by atoms with Crippen LogP contribution < -0.4 is 4.74 Å². The summed E-state index contributed by atoms with van der Waals surface area (Å²) in [6, 6.07) is 15.3. The molecule has 1 atom stereocenters. The van der Waals surface area contributed by atoms with E-state index in [0.717, 1.165) is 42.6 Å². The average molecular weight is 407 g/mol. The van der Waals surface area contributed by atoms with Gasteiger partial charge in [0.2, 0.25) is 5.91 Å². The molecule has 0 aromatic heterocycles. The van der Waals surface area contributed by atoms with Gasteiger partial charge >= 0.3 is 0 Å². The van der Waals surface area contributed by atoms with Crippen LogP contribution in [0.4, 0.5) is 0 Å². The lowest BCUT2D eigenvalue weighted by Gasteiger charge is -2.44. The fraction of sp³-hybridized carbons (Fsp3) is 0.440.